The van der Waals surface area contributed by atoms with Gasteiger partial charge in [0.2, 0.25) is 20.0 Å². The van der Waals surface area contributed by atoms with Crippen molar-refractivity contribution in [2.24, 2.45) is 0 Å². The van der Waals surface area contributed by atoms with Crippen molar-refractivity contribution in [3.8, 4) is 0 Å². The molecule has 2 aliphatic rings. The third-order valence-corrected chi connectivity index (χ3v) is 9.38. The van der Waals surface area contributed by atoms with Gasteiger partial charge in [0.25, 0.3) is 0 Å². The highest BCUT2D eigenvalue weighted by molar-refractivity contribution is 7.89. The SMILES string of the molecule is CN(C1CCCCC1)S(=O)(=O)c1ccc(S(=O)(=O)N2CCCCC2)cc1. The van der Waals surface area contributed by atoms with E-state index in [-0.39, 0.29) is 15.8 Å². The average molecular weight is 401 g/mol. The molecule has 146 valence electrons. The molecule has 1 heterocycles. The van der Waals surface area contributed by atoms with Gasteiger partial charge in [0.15, 0.2) is 0 Å². The minimum atomic E-state index is -3.60. The van der Waals surface area contributed by atoms with Gasteiger partial charge in [-0.2, -0.15) is 8.61 Å². The molecule has 0 N–H and O–H groups in total. The summed E-state index contributed by atoms with van der Waals surface area (Å²) in [5.74, 6) is 0. The normalized spacial score (nSPS) is 21.2. The predicted molar refractivity (Wildman–Crippen MR) is 101 cm³/mol. The molecule has 0 amide bonds. The average Bonchev–Trinajstić information content (AvgIpc) is 2.69. The Morgan fingerprint density at radius 2 is 1.31 bits per heavy atom. The maximum atomic E-state index is 12.9. The van der Waals surface area contributed by atoms with Crippen LogP contribution >= 0.6 is 0 Å². The van der Waals surface area contributed by atoms with Crippen LogP contribution in [0.15, 0.2) is 34.1 Å². The van der Waals surface area contributed by atoms with Crippen LogP contribution in [0.3, 0.4) is 0 Å². The summed E-state index contributed by atoms with van der Waals surface area (Å²) >= 11 is 0. The van der Waals surface area contributed by atoms with Crippen molar-refractivity contribution < 1.29 is 16.8 Å². The van der Waals surface area contributed by atoms with Crippen LogP contribution in [-0.4, -0.2) is 51.6 Å². The third kappa shape index (κ3) is 3.98. The highest BCUT2D eigenvalue weighted by atomic mass is 32.2. The highest BCUT2D eigenvalue weighted by Crippen LogP contribution is 2.27. The lowest BCUT2D eigenvalue weighted by Gasteiger charge is -2.30. The van der Waals surface area contributed by atoms with Crippen molar-refractivity contribution in [1.29, 1.82) is 0 Å². The largest absolute Gasteiger partial charge is 0.243 e. The number of piperidine rings is 1. The van der Waals surface area contributed by atoms with Crippen LogP contribution in [0.2, 0.25) is 0 Å². The Kier molecular flexibility index (Phi) is 6.06. The molecule has 0 unspecified atom stereocenters. The summed E-state index contributed by atoms with van der Waals surface area (Å²) < 4.78 is 54.1. The summed E-state index contributed by atoms with van der Waals surface area (Å²) in [7, 11) is -5.51. The Morgan fingerprint density at radius 1 is 0.808 bits per heavy atom. The number of hydrogen-bond acceptors (Lipinski definition) is 4. The van der Waals surface area contributed by atoms with Crippen LogP contribution < -0.4 is 0 Å². The maximum absolute atomic E-state index is 12.9. The van der Waals surface area contributed by atoms with Crippen LogP contribution in [0, 0.1) is 0 Å². The third-order valence-electron chi connectivity index (χ3n) is 5.54. The minimum Gasteiger partial charge on any atom is -0.207 e. The molecule has 8 heteroatoms. The lowest BCUT2D eigenvalue weighted by Crippen LogP contribution is -2.38. The lowest BCUT2D eigenvalue weighted by atomic mass is 9.96. The zero-order chi connectivity index (χ0) is 18.8. The zero-order valence-corrected chi connectivity index (χ0v) is 16.9. The second-order valence-corrected chi connectivity index (χ2v) is 11.2. The van der Waals surface area contributed by atoms with Crippen molar-refractivity contribution in [1.82, 2.24) is 8.61 Å². The molecule has 3 rings (SSSR count). The fraction of sp³-hybridized carbons (Fsp3) is 0.667. The molecule has 1 aromatic rings. The number of sulfonamides is 2. The Bertz CT molecular complexity index is 807. The standard InChI is InChI=1S/C18H28N2O4S2/c1-19(16-8-4-2-5-9-16)25(21,22)17-10-12-18(13-11-17)26(23,24)20-14-6-3-7-15-20/h10-13,16H,2-9,14-15H2,1H3. The first kappa shape index (κ1) is 19.8. The molecule has 1 aromatic carbocycles. The second kappa shape index (κ2) is 7.96. The molecule has 1 saturated carbocycles. The summed E-state index contributed by atoms with van der Waals surface area (Å²) in [5, 5.41) is 0. The maximum Gasteiger partial charge on any atom is 0.243 e. The van der Waals surface area contributed by atoms with E-state index in [9.17, 15) is 16.8 Å². The van der Waals surface area contributed by atoms with Crippen LogP contribution in [0.4, 0.5) is 0 Å². The Labute approximate surface area is 157 Å². The second-order valence-electron chi connectivity index (χ2n) is 7.25. The minimum absolute atomic E-state index is 0.0329. The van der Waals surface area contributed by atoms with Crippen molar-refractivity contribution >= 4 is 20.0 Å². The van der Waals surface area contributed by atoms with Crippen molar-refractivity contribution in [2.75, 3.05) is 20.1 Å². The van der Waals surface area contributed by atoms with Gasteiger partial charge in [-0.25, -0.2) is 16.8 Å². The van der Waals surface area contributed by atoms with Gasteiger partial charge in [-0.05, 0) is 49.9 Å². The van der Waals surface area contributed by atoms with Gasteiger partial charge in [0, 0.05) is 26.2 Å². The number of rotatable bonds is 5. The van der Waals surface area contributed by atoms with E-state index in [2.05, 4.69) is 0 Å². The Balaban J connectivity index is 1.80. The molecule has 0 spiro atoms. The molecule has 2 fully saturated rings. The van der Waals surface area contributed by atoms with Crippen molar-refractivity contribution in [2.45, 2.75) is 67.2 Å². The smallest absolute Gasteiger partial charge is 0.207 e. The molecule has 1 aliphatic carbocycles. The van der Waals surface area contributed by atoms with E-state index in [1.54, 1.807) is 7.05 Å². The van der Waals surface area contributed by atoms with Crippen LogP contribution in [-0.2, 0) is 20.0 Å². The van der Waals surface area contributed by atoms with E-state index in [4.69, 9.17) is 0 Å². The van der Waals surface area contributed by atoms with Gasteiger partial charge in [-0.3, -0.25) is 0 Å². The molecule has 0 aromatic heterocycles. The summed E-state index contributed by atoms with van der Waals surface area (Å²) in [6, 6.07) is 5.72. The predicted octanol–water partition coefficient (Wildman–Crippen LogP) is 2.81. The van der Waals surface area contributed by atoms with Gasteiger partial charge in [-0.15, -0.1) is 0 Å². The van der Waals surface area contributed by atoms with Gasteiger partial charge in [-0.1, -0.05) is 25.7 Å². The van der Waals surface area contributed by atoms with E-state index in [1.165, 1.54) is 32.9 Å². The number of nitrogens with zero attached hydrogens (tertiary/aromatic N) is 2. The molecule has 0 bridgehead atoms. The van der Waals surface area contributed by atoms with Crippen molar-refractivity contribution in [3.05, 3.63) is 24.3 Å². The Hall–Kier alpha value is -0.960. The van der Waals surface area contributed by atoms with Gasteiger partial charge >= 0.3 is 0 Å². The molecule has 0 atom stereocenters. The van der Waals surface area contributed by atoms with Gasteiger partial charge in [0.05, 0.1) is 9.79 Å². The number of benzene rings is 1. The van der Waals surface area contributed by atoms with Crippen LogP contribution in [0.25, 0.3) is 0 Å². The highest BCUT2D eigenvalue weighted by Gasteiger charge is 2.30. The van der Waals surface area contributed by atoms with Crippen LogP contribution in [0.1, 0.15) is 51.4 Å². The first-order valence-corrected chi connectivity index (χ1v) is 12.3. The Morgan fingerprint density at radius 3 is 1.88 bits per heavy atom. The fourth-order valence-electron chi connectivity index (χ4n) is 3.85. The summed E-state index contributed by atoms with van der Waals surface area (Å²) in [5.41, 5.74) is 0. The monoisotopic (exact) mass is 400 g/mol. The summed E-state index contributed by atoms with van der Waals surface area (Å²) in [6.07, 6.45) is 7.84. The van der Waals surface area contributed by atoms with Gasteiger partial charge < -0.3 is 0 Å². The van der Waals surface area contributed by atoms with Crippen molar-refractivity contribution in [3.63, 3.8) is 0 Å². The molecule has 6 nitrogen and oxygen atoms in total. The van der Waals surface area contributed by atoms with E-state index in [0.717, 1.165) is 51.4 Å². The summed E-state index contributed by atoms with van der Waals surface area (Å²) in [4.78, 5) is 0.321. The molecular weight excluding hydrogens is 372 g/mol. The molecular formula is C18H28N2O4S2. The molecule has 26 heavy (non-hydrogen) atoms. The van der Waals surface area contributed by atoms with E-state index in [0.29, 0.717) is 13.1 Å². The summed E-state index contributed by atoms with van der Waals surface area (Å²) in [6.45, 7) is 1.07. The lowest BCUT2D eigenvalue weighted by molar-refractivity contribution is 0.286. The molecule has 1 saturated heterocycles. The first-order chi connectivity index (χ1) is 12.3. The van der Waals surface area contributed by atoms with E-state index in [1.807, 2.05) is 0 Å². The van der Waals surface area contributed by atoms with Gasteiger partial charge in [0.1, 0.15) is 0 Å². The first-order valence-electron chi connectivity index (χ1n) is 9.42. The topological polar surface area (TPSA) is 74.8 Å². The van der Waals surface area contributed by atoms with Crippen LogP contribution in [0.5, 0.6) is 0 Å². The molecule has 1 aliphatic heterocycles. The molecule has 0 radical (unpaired) electrons. The van der Waals surface area contributed by atoms with E-state index < -0.39 is 20.0 Å². The number of hydrogen-bond donors (Lipinski definition) is 0. The zero-order valence-electron chi connectivity index (χ0n) is 15.3. The quantitative estimate of drug-likeness (QED) is 0.762. The fourth-order valence-corrected chi connectivity index (χ4v) is 6.78. The van der Waals surface area contributed by atoms with E-state index >= 15 is 0 Å².